The fourth-order valence-corrected chi connectivity index (χ4v) is 4.84. The molecule has 5 rings (SSSR count). The summed E-state index contributed by atoms with van der Waals surface area (Å²) in [4.78, 5) is 26.7. The van der Waals surface area contributed by atoms with Crippen molar-refractivity contribution >= 4 is 22.6 Å². The summed E-state index contributed by atoms with van der Waals surface area (Å²) in [6.45, 7) is 1.56. The van der Waals surface area contributed by atoms with Gasteiger partial charge in [0.2, 0.25) is 5.43 Å². The Kier molecular flexibility index (Phi) is 6.18. The van der Waals surface area contributed by atoms with E-state index in [2.05, 4.69) is 0 Å². The zero-order valence-corrected chi connectivity index (χ0v) is 19.6. The Balaban J connectivity index is 1.65. The van der Waals surface area contributed by atoms with Gasteiger partial charge in [0.1, 0.15) is 17.1 Å². The molecular weight excluding hydrogens is 466 g/mol. The Morgan fingerprint density at radius 2 is 1.61 bits per heavy atom. The number of carbonyl (C=O) groups is 1. The molecule has 2 heterocycles. The maximum atomic E-state index is 15.3. The number of methoxy groups -OCH3 is 1. The van der Waals surface area contributed by atoms with Crippen LogP contribution in [0.25, 0.3) is 22.0 Å². The van der Waals surface area contributed by atoms with Gasteiger partial charge in [-0.15, -0.1) is 0 Å². The van der Waals surface area contributed by atoms with Gasteiger partial charge in [-0.05, 0) is 47.7 Å². The molecule has 6 nitrogen and oxygen atoms in total. The number of pyridine rings is 1. The van der Waals surface area contributed by atoms with Crippen molar-refractivity contribution in [2.75, 3.05) is 25.1 Å². The number of hydrogen-bond donors (Lipinski definition) is 1. The van der Waals surface area contributed by atoms with Crippen LogP contribution in [0, 0.1) is 11.6 Å². The van der Waals surface area contributed by atoms with Crippen LogP contribution in [-0.4, -0.2) is 35.8 Å². The van der Waals surface area contributed by atoms with E-state index in [1.807, 2.05) is 29.2 Å². The lowest BCUT2D eigenvalue weighted by molar-refractivity contribution is 0.0695. The Hall–Kier alpha value is -4.20. The first kappa shape index (κ1) is 23.5. The van der Waals surface area contributed by atoms with Crippen molar-refractivity contribution in [1.29, 1.82) is 0 Å². The molecule has 0 unspecified atom stereocenters. The highest BCUT2D eigenvalue weighted by atomic mass is 19.1. The summed E-state index contributed by atoms with van der Waals surface area (Å²) in [5.74, 6) is -2.10. The van der Waals surface area contributed by atoms with Crippen molar-refractivity contribution in [3.63, 3.8) is 0 Å². The molecule has 4 aromatic rings. The normalized spacial score (nSPS) is 13.4. The molecule has 0 aliphatic carbocycles. The molecule has 0 bridgehead atoms. The summed E-state index contributed by atoms with van der Waals surface area (Å²) in [5.41, 5.74) is 2.01. The van der Waals surface area contributed by atoms with E-state index in [1.165, 1.54) is 25.4 Å². The molecule has 1 fully saturated rings. The topological polar surface area (TPSA) is 71.8 Å². The molecule has 1 N–H and O–H groups in total. The molecule has 1 aliphatic heterocycles. The van der Waals surface area contributed by atoms with Gasteiger partial charge in [0.25, 0.3) is 0 Å². The van der Waals surface area contributed by atoms with Gasteiger partial charge in [-0.3, -0.25) is 4.79 Å². The van der Waals surface area contributed by atoms with Crippen molar-refractivity contribution in [3.05, 3.63) is 93.8 Å². The highest BCUT2D eigenvalue weighted by molar-refractivity contribution is 5.97. The van der Waals surface area contributed by atoms with Crippen LogP contribution in [0.2, 0.25) is 0 Å². The van der Waals surface area contributed by atoms with E-state index >= 15 is 4.39 Å². The molecule has 1 aliphatic rings. The second-order valence-corrected chi connectivity index (χ2v) is 8.84. The van der Waals surface area contributed by atoms with Gasteiger partial charge < -0.3 is 19.3 Å². The van der Waals surface area contributed by atoms with Gasteiger partial charge in [-0.1, -0.05) is 36.4 Å². The van der Waals surface area contributed by atoms with Crippen LogP contribution in [0.5, 0.6) is 5.75 Å². The molecule has 0 spiro atoms. The van der Waals surface area contributed by atoms with Gasteiger partial charge in [0.15, 0.2) is 11.6 Å². The summed E-state index contributed by atoms with van der Waals surface area (Å²) >= 11 is 0. The number of benzene rings is 3. The van der Waals surface area contributed by atoms with Gasteiger partial charge in [-0.2, -0.15) is 0 Å². The minimum absolute atomic E-state index is 0.0462. The van der Waals surface area contributed by atoms with Crippen LogP contribution < -0.4 is 15.1 Å². The van der Waals surface area contributed by atoms with Crippen molar-refractivity contribution in [1.82, 2.24) is 4.57 Å². The SMILES string of the molecule is COc1c(N2CCCC2)c(F)cc2c(=O)c(C(=O)O)cn(Cc3ccc(-c4ccc(F)cc4)cc3)c12. The van der Waals surface area contributed by atoms with Crippen LogP contribution in [0.3, 0.4) is 0 Å². The van der Waals surface area contributed by atoms with Crippen LogP contribution in [0.1, 0.15) is 28.8 Å². The maximum absolute atomic E-state index is 15.3. The number of fused-ring (bicyclic) bond motifs is 1. The van der Waals surface area contributed by atoms with Crippen molar-refractivity contribution < 1.29 is 23.4 Å². The second kappa shape index (κ2) is 9.45. The molecule has 0 saturated carbocycles. The number of nitrogens with zero attached hydrogens (tertiary/aromatic N) is 2. The minimum Gasteiger partial charge on any atom is -0.492 e. The number of anilines is 1. The average Bonchev–Trinajstić information content (AvgIpc) is 3.40. The Morgan fingerprint density at radius 1 is 1.00 bits per heavy atom. The van der Waals surface area contributed by atoms with Crippen LogP contribution in [-0.2, 0) is 6.54 Å². The highest BCUT2D eigenvalue weighted by Crippen LogP contribution is 2.39. The lowest BCUT2D eigenvalue weighted by Crippen LogP contribution is -2.23. The van der Waals surface area contributed by atoms with Gasteiger partial charge in [0, 0.05) is 25.8 Å². The molecule has 8 heteroatoms. The first-order chi connectivity index (χ1) is 17.4. The summed E-state index contributed by atoms with van der Waals surface area (Å²) in [5, 5.41) is 9.60. The summed E-state index contributed by atoms with van der Waals surface area (Å²) < 4.78 is 35.8. The van der Waals surface area contributed by atoms with E-state index in [0.717, 1.165) is 35.6 Å². The van der Waals surface area contributed by atoms with E-state index in [0.29, 0.717) is 18.6 Å². The summed E-state index contributed by atoms with van der Waals surface area (Å²) in [7, 11) is 1.42. The zero-order valence-electron chi connectivity index (χ0n) is 19.6. The molecule has 3 aromatic carbocycles. The van der Waals surface area contributed by atoms with Crippen molar-refractivity contribution in [2.45, 2.75) is 19.4 Å². The largest absolute Gasteiger partial charge is 0.492 e. The number of halogens is 2. The molecular formula is C28H24F2N2O4. The monoisotopic (exact) mass is 490 g/mol. The number of ether oxygens (including phenoxy) is 1. The van der Waals surface area contributed by atoms with Crippen molar-refractivity contribution in [2.24, 2.45) is 0 Å². The third kappa shape index (κ3) is 4.19. The molecule has 0 atom stereocenters. The molecule has 1 saturated heterocycles. The fraction of sp³-hybridized carbons (Fsp3) is 0.214. The molecule has 0 radical (unpaired) electrons. The average molecular weight is 491 g/mol. The Bertz CT molecular complexity index is 1510. The second-order valence-electron chi connectivity index (χ2n) is 8.84. The number of hydrogen-bond acceptors (Lipinski definition) is 4. The minimum atomic E-state index is -1.38. The van der Waals surface area contributed by atoms with E-state index < -0.39 is 22.8 Å². The first-order valence-corrected chi connectivity index (χ1v) is 11.6. The Labute approximate surface area is 206 Å². The maximum Gasteiger partial charge on any atom is 0.341 e. The molecule has 1 aromatic heterocycles. The number of carboxylic acids is 1. The number of aromatic nitrogens is 1. The summed E-state index contributed by atoms with van der Waals surface area (Å²) in [6, 6.07) is 14.8. The van der Waals surface area contributed by atoms with E-state index in [9.17, 15) is 19.1 Å². The van der Waals surface area contributed by atoms with Gasteiger partial charge >= 0.3 is 5.97 Å². The lowest BCUT2D eigenvalue weighted by Gasteiger charge is -2.24. The smallest absolute Gasteiger partial charge is 0.341 e. The van der Waals surface area contributed by atoms with E-state index in [4.69, 9.17) is 4.74 Å². The number of aromatic carboxylic acids is 1. The molecule has 0 amide bonds. The highest BCUT2D eigenvalue weighted by Gasteiger charge is 2.27. The quantitative estimate of drug-likeness (QED) is 0.397. The first-order valence-electron chi connectivity index (χ1n) is 11.6. The predicted molar refractivity (Wildman–Crippen MR) is 134 cm³/mol. The fourth-order valence-electron chi connectivity index (χ4n) is 4.84. The molecule has 36 heavy (non-hydrogen) atoms. The van der Waals surface area contributed by atoms with E-state index in [-0.39, 0.29) is 29.2 Å². The number of rotatable bonds is 6. The number of carboxylic acid groups (broad SMARTS) is 1. The molecule has 184 valence electrons. The lowest BCUT2D eigenvalue weighted by atomic mass is 10.0. The van der Waals surface area contributed by atoms with Gasteiger partial charge in [0.05, 0.1) is 18.0 Å². The van der Waals surface area contributed by atoms with Crippen LogP contribution >= 0.6 is 0 Å². The standard InChI is InChI=1S/C28H24F2N2O4/c1-36-27-24-21(14-23(30)25(27)31-12-2-3-13-31)26(33)22(28(34)35)16-32(24)15-17-4-6-18(7-5-17)19-8-10-20(29)11-9-19/h4-11,14,16H,2-3,12-13,15H2,1H3,(H,34,35). The van der Waals surface area contributed by atoms with Gasteiger partial charge in [-0.25, -0.2) is 13.6 Å². The Morgan fingerprint density at radius 3 is 2.19 bits per heavy atom. The third-order valence-corrected chi connectivity index (χ3v) is 6.59. The van der Waals surface area contributed by atoms with Crippen LogP contribution in [0.15, 0.2) is 65.6 Å². The van der Waals surface area contributed by atoms with Crippen molar-refractivity contribution in [3.8, 4) is 16.9 Å². The van der Waals surface area contributed by atoms with Crippen LogP contribution in [0.4, 0.5) is 14.5 Å². The third-order valence-electron chi connectivity index (χ3n) is 6.59. The van der Waals surface area contributed by atoms with E-state index in [1.54, 1.807) is 16.7 Å². The summed E-state index contributed by atoms with van der Waals surface area (Å²) in [6.07, 6.45) is 3.13. The predicted octanol–water partition coefficient (Wildman–Crippen LogP) is 5.30. The zero-order chi connectivity index (χ0) is 25.4.